The number of nitrogens with zero attached hydrogens (tertiary/aromatic N) is 1. The standard InChI is InChI=1S/C17H21BrN2/c1-13(19-2)16-9-4-5-10-17(16)20(3)12-14-7-6-8-15(18)11-14/h4-11,13,19H,12H2,1-3H3. The highest BCUT2D eigenvalue weighted by atomic mass is 79.9. The van der Waals surface area contributed by atoms with Gasteiger partial charge in [0, 0.05) is 29.8 Å². The number of nitrogens with one attached hydrogen (secondary N) is 1. The average molecular weight is 333 g/mol. The van der Waals surface area contributed by atoms with Gasteiger partial charge in [0.05, 0.1) is 0 Å². The van der Waals surface area contributed by atoms with Crippen LogP contribution < -0.4 is 10.2 Å². The Morgan fingerprint density at radius 1 is 1.15 bits per heavy atom. The summed E-state index contributed by atoms with van der Waals surface area (Å²) in [6, 6.07) is 17.4. The van der Waals surface area contributed by atoms with Crippen LogP contribution in [0.25, 0.3) is 0 Å². The zero-order valence-electron chi connectivity index (χ0n) is 12.2. The molecule has 0 spiro atoms. The smallest absolute Gasteiger partial charge is 0.0426 e. The first-order valence-electron chi connectivity index (χ1n) is 6.83. The van der Waals surface area contributed by atoms with E-state index in [-0.39, 0.29) is 0 Å². The Bertz CT molecular complexity index is 568. The second-order valence-corrected chi connectivity index (χ2v) is 5.97. The van der Waals surface area contributed by atoms with Gasteiger partial charge in [-0.15, -0.1) is 0 Å². The Morgan fingerprint density at radius 3 is 2.60 bits per heavy atom. The van der Waals surface area contributed by atoms with Gasteiger partial charge in [-0.2, -0.15) is 0 Å². The molecule has 0 aromatic heterocycles. The molecule has 0 heterocycles. The van der Waals surface area contributed by atoms with Gasteiger partial charge in [0.15, 0.2) is 0 Å². The second kappa shape index (κ2) is 6.91. The van der Waals surface area contributed by atoms with Crippen molar-refractivity contribution in [1.82, 2.24) is 5.32 Å². The zero-order valence-corrected chi connectivity index (χ0v) is 13.8. The van der Waals surface area contributed by atoms with E-state index in [9.17, 15) is 0 Å². The quantitative estimate of drug-likeness (QED) is 0.874. The maximum Gasteiger partial charge on any atom is 0.0426 e. The number of hydrogen-bond acceptors (Lipinski definition) is 2. The van der Waals surface area contributed by atoms with Crippen molar-refractivity contribution in [2.75, 3.05) is 19.0 Å². The number of benzene rings is 2. The molecule has 2 rings (SSSR count). The van der Waals surface area contributed by atoms with Crippen molar-refractivity contribution in [3.8, 4) is 0 Å². The predicted molar refractivity (Wildman–Crippen MR) is 90.2 cm³/mol. The molecule has 0 fully saturated rings. The summed E-state index contributed by atoms with van der Waals surface area (Å²) in [5.41, 5.74) is 3.90. The lowest BCUT2D eigenvalue weighted by Crippen LogP contribution is -2.21. The van der Waals surface area contributed by atoms with Gasteiger partial charge in [0.1, 0.15) is 0 Å². The van der Waals surface area contributed by atoms with E-state index in [1.54, 1.807) is 0 Å². The summed E-state index contributed by atoms with van der Waals surface area (Å²) < 4.78 is 1.13. The molecular weight excluding hydrogens is 312 g/mol. The molecular formula is C17H21BrN2. The zero-order chi connectivity index (χ0) is 14.5. The van der Waals surface area contributed by atoms with E-state index >= 15 is 0 Å². The molecule has 1 N–H and O–H groups in total. The highest BCUT2D eigenvalue weighted by Crippen LogP contribution is 2.26. The number of anilines is 1. The summed E-state index contributed by atoms with van der Waals surface area (Å²) in [4.78, 5) is 2.30. The normalized spacial score (nSPS) is 12.2. The summed E-state index contributed by atoms with van der Waals surface area (Å²) >= 11 is 3.53. The van der Waals surface area contributed by atoms with Crippen molar-refractivity contribution in [3.05, 3.63) is 64.1 Å². The van der Waals surface area contributed by atoms with E-state index in [1.807, 2.05) is 7.05 Å². The molecule has 0 bridgehead atoms. The van der Waals surface area contributed by atoms with Crippen molar-refractivity contribution < 1.29 is 0 Å². The van der Waals surface area contributed by atoms with Gasteiger partial charge in [-0.05, 0) is 43.3 Å². The molecule has 0 aliphatic carbocycles. The number of para-hydroxylation sites is 1. The molecule has 2 nitrogen and oxygen atoms in total. The Balaban J connectivity index is 2.23. The molecule has 0 aliphatic rings. The van der Waals surface area contributed by atoms with Crippen molar-refractivity contribution in [2.45, 2.75) is 19.5 Å². The summed E-state index contributed by atoms with van der Waals surface area (Å²) in [7, 11) is 4.14. The van der Waals surface area contributed by atoms with Gasteiger partial charge in [0.2, 0.25) is 0 Å². The van der Waals surface area contributed by atoms with E-state index in [2.05, 4.69) is 88.6 Å². The van der Waals surface area contributed by atoms with Crippen LogP contribution in [0.1, 0.15) is 24.1 Å². The molecule has 3 heteroatoms. The van der Waals surface area contributed by atoms with Crippen molar-refractivity contribution in [2.24, 2.45) is 0 Å². The molecule has 0 saturated heterocycles. The van der Waals surface area contributed by atoms with Crippen molar-refractivity contribution in [3.63, 3.8) is 0 Å². The van der Waals surface area contributed by atoms with Crippen LogP contribution in [0.5, 0.6) is 0 Å². The number of rotatable bonds is 5. The third-order valence-electron chi connectivity index (χ3n) is 3.56. The van der Waals surface area contributed by atoms with Crippen LogP contribution in [0.4, 0.5) is 5.69 Å². The first-order valence-corrected chi connectivity index (χ1v) is 7.63. The summed E-state index contributed by atoms with van der Waals surface area (Å²) in [5.74, 6) is 0. The topological polar surface area (TPSA) is 15.3 Å². The third-order valence-corrected chi connectivity index (χ3v) is 4.05. The van der Waals surface area contributed by atoms with Crippen LogP contribution in [0.15, 0.2) is 53.0 Å². The van der Waals surface area contributed by atoms with E-state index in [0.29, 0.717) is 6.04 Å². The lowest BCUT2D eigenvalue weighted by molar-refractivity contribution is 0.649. The van der Waals surface area contributed by atoms with Gasteiger partial charge in [0.25, 0.3) is 0 Å². The van der Waals surface area contributed by atoms with E-state index in [4.69, 9.17) is 0 Å². The lowest BCUT2D eigenvalue weighted by Gasteiger charge is -2.25. The van der Waals surface area contributed by atoms with Crippen molar-refractivity contribution >= 4 is 21.6 Å². The molecule has 0 saturated carbocycles. The van der Waals surface area contributed by atoms with Gasteiger partial charge >= 0.3 is 0 Å². The Kier molecular flexibility index (Phi) is 5.21. The monoisotopic (exact) mass is 332 g/mol. The molecule has 0 radical (unpaired) electrons. The van der Waals surface area contributed by atoms with Gasteiger partial charge in [-0.25, -0.2) is 0 Å². The van der Waals surface area contributed by atoms with Crippen LogP contribution in [0.2, 0.25) is 0 Å². The van der Waals surface area contributed by atoms with Crippen LogP contribution in [-0.2, 0) is 6.54 Å². The molecule has 1 unspecified atom stereocenters. The fraction of sp³-hybridized carbons (Fsp3) is 0.294. The summed E-state index contributed by atoms with van der Waals surface area (Å²) in [6.07, 6.45) is 0. The highest BCUT2D eigenvalue weighted by Gasteiger charge is 2.11. The SMILES string of the molecule is CNC(C)c1ccccc1N(C)Cc1cccc(Br)c1. The van der Waals surface area contributed by atoms with Gasteiger partial charge in [-0.3, -0.25) is 0 Å². The third kappa shape index (κ3) is 3.62. The fourth-order valence-corrected chi connectivity index (χ4v) is 2.80. The van der Waals surface area contributed by atoms with E-state index < -0.39 is 0 Å². The minimum absolute atomic E-state index is 0.344. The van der Waals surface area contributed by atoms with E-state index in [1.165, 1.54) is 16.8 Å². The van der Waals surface area contributed by atoms with E-state index in [0.717, 1.165) is 11.0 Å². The largest absolute Gasteiger partial charge is 0.370 e. The molecule has 2 aromatic carbocycles. The molecule has 20 heavy (non-hydrogen) atoms. The number of hydrogen-bond donors (Lipinski definition) is 1. The van der Waals surface area contributed by atoms with Crippen LogP contribution in [0, 0.1) is 0 Å². The van der Waals surface area contributed by atoms with Gasteiger partial charge in [-0.1, -0.05) is 46.3 Å². The molecule has 1 atom stereocenters. The van der Waals surface area contributed by atoms with Crippen LogP contribution in [0.3, 0.4) is 0 Å². The summed E-state index contributed by atoms with van der Waals surface area (Å²) in [6.45, 7) is 3.08. The maximum atomic E-state index is 3.53. The highest BCUT2D eigenvalue weighted by molar-refractivity contribution is 9.10. The molecule has 0 amide bonds. The van der Waals surface area contributed by atoms with Crippen LogP contribution in [-0.4, -0.2) is 14.1 Å². The predicted octanol–water partition coefficient (Wildman–Crippen LogP) is 4.37. The summed E-state index contributed by atoms with van der Waals surface area (Å²) in [5, 5.41) is 3.32. The van der Waals surface area contributed by atoms with Crippen molar-refractivity contribution in [1.29, 1.82) is 0 Å². The lowest BCUT2D eigenvalue weighted by atomic mass is 10.0. The second-order valence-electron chi connectivity index (χ2n) is 5.06. The minimum Gasteiger partial charge on any atom is -0.370 e. The molecule has 106 valence electrons. The Hall–Kier alpha value is -1.32. The first-order chi connectivity index (χ1) is 9.61. The Morgan fingerprint density at radius 2 is 1.90 bits per heavy atom. The number of halogens is 1. The Labute approximate surface area is 129 Å². The average Bonchev–Trinajstić information content (AvgIpc) is 2.46. The fourth-order valence-electron chi connectivity index (χ4n) is 2.35. The van der Waals surface area contributed by atoms with Gasteiger partial charge < -0.3 is 10.2 Å². The minimum atomic E-state index is 0.344. The maximum absolute atomic E-state index is 3.53. The first kappa shape index (κ1) is 15.1. The molecule has 2 aromatic rings. The molecule has 0 aliphatic heterocycles. The van der Waals surface area contributed by atoms with Crippen LogP contribution >= 0.6 is 15.9 Å².